The molecule has 0 spiro atoms. The summed E-state index contributed by atoms with van der Waals surface area (Å²) in [5.41, 5.74) is 0.940. The van der Waals surface area contributed by atoms with Crippen LogP contribution in [-0.2, 0) is 0 Å². The summed E-state index contributed by atoms with van der Waals surface area (Å²) in [6, 6.07) is 0. The van der Waals surface area contributed by atoms with Crippen LogP contribution in [0.5, 0.6) is 0 Å². The Morgan fingerprint density at radius 2 is 2.12 bits per heavy atom. The van der Waals surface area contributed by atoms with Crippen molar-refractivity contribution in [3.63, 3.8) is 0 Å². The van der Waals surface area contributed by atoms with Crippen LogP contribution in [0.4, 0.5) is 0 Å². The van der Waals surface area contributed by atoms with Gasteiger partial charge in [0.05, 0.1) is 0 Å². The fourth-order valence-corrected chi connectivity index (χ4v) is 0.954. The second kappa shape index (κ2) is 1.57. The van der Waals surface area contributed by atoms with Crippen molar-refractivity contribution < 1.29 is 10.2 Å². The molecule has 0 radical (unpaired) electrons. The van der Waals surface area contributed by atoms with E-state index in [4.69, 9.17) is 10.2 Å². The van der Waals surface area contributed by atoms with Crippen LogP contribution in [-0.4, -0.2) is 16.0 Å². The van der Waals surface area contributed by atoms with E-state index in [0.29, 0.717) is 12.8 Å². The lowest BCUT2D eigenvalue weighted by Gasteiger charge is -2.11. The van der Waals surface area contributed by atoms with Gasteiger partial charge >= 0.3 is 0 Å². The van der Waals surface area contributed by atoms with Crippen molar-refractivity contribution in [3.05, 3.63) is 12.2 Å². The largest absolute Gasteiger partial charge is 0.365 e. The summed E-state index contributed by atoms with van der Waals surface area (Å²) in [6.07, 6.45) is 1.56. The van der Waals surface area contributed by atoms with Crippen molar-refractivity contribution in [2.75, 3.05) is 0 Å². The summed E-state index contributed by atoms with van der Waals surface area (Å²) in [5.74, 6) is -1.43. The molecule has 1 aliphatic rings. The maximum absolute atomic E-state index is 8.86. The van der Waals surface area contributed by atoms with Gasteiger partial charge < -0.3 is 10.2 Å². The van der Waals surface area contributed by atoms with Crippen LogP contribution in [0, 0.1) is 0 Å². The van der Waals surface area contributed by atoms with Crippen LogP contribution >= 0.6 is 0 Å². The third-order valence-electron chi connectivity index (χ3n) is 1.41. The van der Waals surface area contributed by atoms with Crippen LogP contribution < -0.4 is 0 Å². The lowest BCUT2D eigenvalue weighted by atomic mass is 10.2. The third kappa shape index (κ3) is 1.08. The Morgan fingerprint density at radius 1 is 1.50 bits per heavy atom. The first kappa shape index (κ1) is 5.79. The second-order valence-electron chi connectivity index (χ2n) is 2.41. The fourth-order valence-electron chi connectivity index (χ4n) is 0.954. The summed E-state index contributed by atoms with van der Waals surface area (Å²) in [7, 11) is 0. The average Bonchev–Trinajstić information content (AvgIpc) is 1.82. The lowest BCUT2D eigenvalue weighted by Crippen LogP contribution is -2.22. The van der Waals surface area contributed by atoms with E-state index in [0.717, 1.165) is 12.0 Å². The molecule has 0 saturated heterocycles. The van der Waals surface area contributed by atoms with Crippen molar-refractivity contribution in [3.8, 4) is 0 Å². The number of hydrogen-bond acceptors (Lipinski definition) is 2. The van der Waals surface area contributed by atoms with Gasteiger partial charge in [-0.15, -0.1) is 0 Å². The van der Waals surface area contributed by atoms with Crippen molar-refractivity contribution in [1.82, 2.24) is 0 Å². The van der Waals surface area contributed by atoms with Gasteiger partial charge in [-0.3, -0.25) is 0 Å². The molecule has 1 aliphatic carbocycles. The zero-order valence-corrected chi connectivity index (χ0v) is 4.72. The van der Waals surface area contributed by atoms with Gasteiger partial charge in [0.2, 0.25) is 0 Å². The molecule has 0 aromatic carbocycles. The highest BCUT2D eigenvalue weighted by molar-refractivity contribution is 5.04. The Bertz CT molecular complexity index is 116. The quantitative estimate of drug-likeness (QED) is 0.353. The van der Waals surface area contributed by atoms with E-state index in [2.05, 4.69) is 6.58 Å². The Kier molecular flexibility index (Phi) is 1.14. The van der Waals surface area contributed by atoms with Crippen LogP contribution in [0.15, 0.2) is 12.2 Å². The Labute approximate surface area is 48.5 Å². The van der Waals surface area contributed by atoms with Crippen molar-refractivity contribution in [1.29, 1.82) is 0 Å². The molecule has 2 N–H and O–H groups in total. The van der Waals surface area contributed by atoms with E-state index in [-0.39, 0.29) is 0 Å². The van der Waals surface area contributed by atoms with E-state index >= 15 is 0 Å². The predicted molar refractivity (Wildman–Crippen MR) is 30.2 cm³/mol. The van der Waals surface area contributed by atoms with Crippen LogP contribution in [0.2, 0.25) is 0 Å². The number of aliphatic hydroxyl groups is 2. The molecule has 8 heavy (non-hydrogen) atoms. The fraction of sp³-hybridized carbons (Fsp3) is 0.667. The summed E-state index contributed by atoms with van der Waals surface area (Å²) in [6.45, 7) is 3.63. The van der Waals surface area contributed by atoms with Gasteiger partial charge in [-0.25, -0.2) is 0 Å². The van der Waals surface area contributed by atoms with Gasteiger partial charge in [0, 0.05) is 12.8 Å². The van der Waals surface area contributed by atoms with Gasteiger partial charge in [-0.2, -0.15) is 0 Å². The lowest BCUT2D eigenvalue weighted by molar-refractivity contribution is -0.150. The van der Waals surface area contributed by atoms with E-state index in [1.807, 2.05) is 0 Å². The van der Waals surface area contributed by atoms with Gasteiger partial charge in [0.25, 0.3) is 0 Å². The first-order chi connectivity index (χ1) is 3.60. The molecule has 1 rings (SSSR count). The first-order valence-electron chi connectivity index (χ1n) is 2.71. The normalized spacial score (nSPS) is 26.5. The van der Waals surface area contributed by atoms with Gasteiger partial charge in [0.15, 0.2) is 5.79 Å². The van der Waals surface area contributed by atoms with Crippen LogP contribution in [0.25, 0.3) is 0 Å². The molecule has 0 atom stereocenters. The molecule has 1 fully saturated rings. The van der Waals surface area contributed by atoms with E-state index in [1.54, 1.807) is 0 Å². The number of hydrogen-bond donors (Lipinski definition) is 2. The molecule has 2 nitrogen and oxygen atoms in total. The third-order valence-corrected chi connectivity index (χ3v) is 1.41. The Hall–Kier alpha value is -0.340. The van der Waals surface area contributed by atoms with Crippen molar-refractivity contribution in [2.24, 2.45) is 0 Å². The van der Waals surface area contributed by atoms with E-state index < -0.39 is 5.79 Å². The topological polar surface area (TPSA) is 40.5 Å². The van der Waals surface area contributed by atoms with Crippen LogP contribution in [0.1, 0.15) is 19.3 Å². The molecule has 0 bridgehead atoms. The molecular formula is C6H10O2. The molecular weight excluding hydrogens is 104 g/mol. The monoisotopic (exact) mass is 114 g/mol. The second-order valence-corrected chi connectivity index (χ2v) is 2.41. The standard InChI is InChI=1S/C6H10O2/c1-5-2-3-6(7,8)4-5/h7-8H,1-4H2. The van der Waals surface area contributed by atoms with E-state index in [1.165, 1.54) is 0 Å². The SMILES string of the molecule is C=C1CCC(O)(O)C1. The molecule has 0 aliphatic heterocycles. The maximum Gasteiger partial charge on any atom is 0.166 e. The molecule has 0 unspecified atom stereocenters. The molecule has 46 valence electrons. The van der Waals surface area contributed by atoms with Crippen molar-refractivity contribution >= 4 is 0 Å². The summed E-state index contributed by atoms with van der Waals surface area (Å²) in [4.78, 5) is 0. The Morgan fingerprint density at radius 3 is 2.25 bits per heavy atom. The minimum atomic E-state index is -1.43. The van der Waals surface area contributed by atoms with Gasteiger partial charge in [0.1, 0.15) is 0 Å². The zero-order valence-electron chi connectivity index (χ0n) is 4.72. The highest BCUT2D eigenvalue weighted by Crippen LogP contribution is 2.29. The summed E-state index contributed by atoms with van der Waals surface area (Å²) >= 11 is 0. The first-order valence-corrected chi connectivity index (χ1v) is 2.71. The minimum absolute atomic E-state index is 0.354. The summed E-state index contributed by atoms with van der Waals surface area (Å²) in [5, 5.41) is 17.7. The maximum atomic E-state index is 8.86. The predicted octanol–water partition coefficient (Wildman–Crippen LogP) is 0.407. The number of rotatable bonds is 0. The molecule has 1 saturated carbocycles. The minimum Gasteiger partial charge on any atom is -0.365 e. The van der Waals surface area contributed by atoms with Gasteiger partial charge in [-0.05, 0) is 6.42 Å². The zero-order chi connectivity index (χ0) is 6.20. The molecule has 0 aromatic heterocycles. The highest BCUT2D eigenvalue weighted by Gasteiger charge is 2.29. The molecule has 0 amide bonds. The molecule has 0 aromatic rings. The Balaban J connectivity index is 2.56. The highest BCUT2D eigenvalue weighted by atomic mass is 16.5. The van der Waals surface area contributed by atoms with E-state index in [9.17, 15) is 0 Å². The average molecular weight is 114 g/mol. The van der Waals surface area contributed by atoms with Crippen molar-refractivity contribution in [2.45, 2.75) is 25.0 Å². The smallest absolute Gasteiger partial charge is 0.166 e. The van der Waals surface area contributed by atoms with Crippen LogP contribution in [0.3, 0.4) is 0 Å². The molecule has 2 heteroatoms. The van der Waals surface area contributed by atoms with Gasteiger partial charge in [-0.1, -0.05) is 12.2 Å². The molecule has 0 heterocycles. The summed E-state index contributed by atoms with van der Waals surface area (Å²) < 4.78 is 0.